The second-order valence-corrected chi connectivity index (χ2v) is 10.0. The Bertz CT molecular complexity index is 1510. The zero-order valence-electron chi connectivity index (χ0n) is 19.9. The molecule has 4 aliphatic rings. The van der Waals surface area contributed by atoms with Crippen LogP contribution in [0.25, 0.3) is 22.2 Å². The molecule has 0 spiro atoms. The second-order valence-electron chi connectivity index (χ2n) is 10.0. The van der Waals surface area contributed by atoms with Gasteiger partial charge in [-0.25, -0.2) is 15.1 Å². The molecule has 1 saturated heterocycles. The van der Waals surface area contributed by atoms with Crippen LogP contribution in [0, 0.1) is 24.7 Å². The van der Waals surface area contributed by atoms with Crippen LogP contribution < -0.4 is 10.3 Å². The van der Waals surface area contributed by atoms with Gasteiger partial charge >= 0.3 is 5.97 Å². The first-order valence-corrected chi connectivity index (χ1v) is 12.1. The van der Waals surface area contributed by atoms with Gasteiger partial charge in [-0.2, -0.15) is 9.49 Å². The minimum absolute atomic E-state index is 0.198. The van der Waals surface area contributed by atoms with Gasteiger partial charge in [-0.3, -0.25) is 9.80 Å². The fourth-order valence-electron chi connectivity index (χ4n) is 6.11. The van der Waals surface area contributed by atoms with Crippen molar-refractivity contribution in [3.8, 4) is 5.69 Å². The van der Waals surface area contributed by atoms with Gasteiger partial charge in [0.05, 0.1) is 29.4 Å². The Hall–Kier alpha value is -3.98. The SMILES string of the molecule is Cc1cccc2c(C3=CC=CC4NN(C)C(F)=C34)nn(-c3ccc(N4C[C@@H]5[C@H](C4)[C@H]5C(=O)O)nc3)c12. The first-order chi connectivity index (χ1) is 17.4. The number of hydrogen-bond donors (Lipinski definition) is 2. The number of piperidine rings is 1. The Labute approximate surface area is 207 Å². The Kier molecular flexibility index (Phi) is 4.45. The van der Waals surface area contributed by atoms with E-state index in [9.17, 15) is 9.90 Å². The largest absolute Gasteiger partial charge is 0.481 e. The number of anilines is 1. The van der Waals surface area contributed by atoms with E-state index >= 15 is 4.39 Å². The van der Waals surface area contributed by atoms with Crippen LogP contribution in [0.3, 0.4) is 0 Å². The Balaban J connectivity index is 1.26. The fourth-order valence-corrected chi connectivity index (χ4v) is 6.11. The number of hydrogen-bond acceptors (Lipinski definition) is 6. The van der Waals surface area contributed by atoms with Gasteiger partial charge in [-0.05, 0) is 36.5 Å². The predicted octanol–water partition coefficient (Wildman–Crippen LogP) is 3.45. The second kappa shape index (κ2) is 7.51. The summed E-state index contributed by atoms with van der Waals surface area (Å²) in [5, 5.41) is 16.6. The van der Waals surface area contributed by atoms with E-state index in [0.717, 1.165) is 52.3 Å². The standard InChI is InChI=1S/C27H25FN6O2/c1-14-5-3-7-17-24(16-6-4-8-20-23(16)26(28)32(2)30-20)31-34(25(14)17)15-9-10-21(29-11-15)33-12-18-19(13-33)22(18)27(35)36/h3-11,18-20,22,30H,12-13H2,1-2H3,(H,35,36)/t18-,19+,20?,22+. The molecule has 4 heterocycles. The number of hydrazine groups is 1. The predicted molar refractivity (Wildman–Crippen MR) is 134 cm³/mol. The fraction of sp³-hybridized carbons (Fsp3) is 0.296. The highest BCUT2D eigenvalue weighted by Crippen LogP contribution is 2.52. The van der Waals surface area contributed by atoms with Crippen molar-refractivity contribution in [3.05, 3.63) is 77.5 Å². The summed E-state index contributed by atoms with van der Waals surface area (Å²) in [5.41, 5.74) is 8.05. The molecule has 0 amide bonds. The van der Waals surface area contributed by atoms with Crippen LogP contribution in [-0.4, -0.2) is 57.0 Å². The van der Waals surface area contributed by atoms with Crippen molar-refractivity contribution in [2.45, 2.75) is 13.0 Å². The zero-order chi connectivity index (χ0) is 24.7. The monoisotopic (exact) mass is 484 g/mol. The molecule has 1 saturated carbocycles. The van der Waals surface area contributed by atoms with Crippen LogP contribution >= 0.6 is 0 Å². The molecule has 0 radical (unpaired) electrons. The number of carboxylic acid groups (broad SMARTS) is 1. The quantitative estimate of drug-likeness (QED) is 0.549. The maximum absolute atomic E-state index is 15.1. The molecule has 2 aliphatic heterocycles. The molecule has 2 aliphatic carbocycles. The average molecular weight is 485 g/mol. The first-order valence-electron chi connectivity index (χ1n) is 12.1. The molecule has 1 aromatic carbocycles. The zero-order valence-corrected chi connectivity index (χ0v) is 19.9. The Morgan fingerprint density at radius 1 is 1.19 bits per heavy atom. The first kappa shape index (κ1) is 21.3. The summed E-state index contributed by atoms with van der Waals surface area (Å²) < 4.78 is 17.0. The molecular weight excluding hydrogens is 459 g/mol. The number of carbonyl (C=O) groups is 1. The number of pyridine rings is 1. The number of benzene rings is 1. The third kappa shape index (κ3) is 2.99. The number of carboxylic acids is 1. The highest BCUT2D eigenvalue weighted by atomic mass is 19.1. The van der Waals surface area contributed by atoms with E-state index in [2.05, 4.69) is 10.3 Å². The van der Waals surface area contributed by atoms with Crippen molar-refractivity contribution >= 4 is 28.3 Å². The summed E-state index contributed by atoms with van der Waals surface area (Å²) in [6, 6.07) is 9.80. The third-order valence-corrected chi connectivity index (χ3v) is 7.96. The molecule has 4 atom stereocenters. The number of para-hydroxylation sites is 1. The highest BCUT2D eigenvalue weighted by Gasteiger charge is 2.60. The van der Waals surface area contributed by atoms with Crippen molar-refractivity contribution in [1.82, 2.24) is 25.2 Å². The van der Waals surface area contributed by atoms with Crippen LogP contribution in [0.4, 0.5) is 10.2 Å². The summed E-state index contributed by atoms with van der Waals surface area (Å²) in [7, 11) is 1.67. The maximum Gasteiger partial charge on any atom is 0.307 e. The Morgan fingerprint density at radius 3 is 2.72 bits per heavy atom. The van der Waals surface area contributed by atoms with Crippen molar-refractivity contribution < 1.29 is 14.3 Å². The van der Waals surface area contributed by atoms with E-state index in [-0.39, 0.29) is 29.7 Å². The van der Waals surface area contributed by atoms with Crippen LogP contribution in [0.5, 0.6) is 0 Å². The van der Waals surface area contributed by atoms with Crippen LogP contribution in [-0.2, 0) is 4.79 Å². The number of rotatable bonds is 4. The molecule has 36 heavy (non-hydrogen) atoms. The normalized spacial score (nSPS) is 26.5. The van der Waals surface area contributed by atoms with E-state index in [1.165, 1.54) is 5.01 Å². The summed E-state index contributed by atoms with van der Waals surface area (Å²) >= 11 is 0. The van der Waals surface area contributed by atoms with Gasteiger partial charge in [0.2, 0.25) is 5.95 Å². The lowest BCUT2D eigenvalue weighted by Gasteiger charge is -2.20. The van der Waals surface area contributed by atoms with Crippen molar-refractivity contribution in [2.75, 3.05) is 25.0 Å². The summed E-state index contributed by atoms with van der Waals surface area (Å²) in [6.07, 6.45) is 7.61. The molecule has 8 nitrogen and oxygen atoms in total. The van der Waals surface area contributed by atoms with Gasteiger partial charge in [0, 0.05) is 36.7 Å². The number of aryl methyl sites for hydroxylation is 1. The third-order valence-electron chi connectivity index (χ3n) is 7.96. The van der Waals surface area contributed by atoms with Crippen LogP contribution in [0.15, 0.2) is 66.3 Å². The van der Waals surface area contributed by atoms with E-state index in [4.69, 9.17) is 10.1 Å². The lowest BCUT2D eigenvalue weighted by atomic mass is 9.91. The van der Waals surface area contributed by atoms with Gasteiger partial charge in [0.15, 0.2) is 0 Å². The van der Waals surface area contributed by atoms with E-state index in [1.807, 2.05) is 60.2 Å². The van der Waals surface area contributed by atoms with Crippen molar-refractivity contribution in [3.63, 3.8) is 0 Å². The van der Waals surface area contributed by atoms with E-state index < -0.39 is 5.97 Å². The topological polar surface area (TPSA) is 86.5 Å². The molecule has 0 bridgehead atoms. The number of halogens is 1. The number of aromatic nitrogens is 3. The van der Waals surface area contributed by atoms with Gasteiger partial charge < -0.3 is 10.0 Å². The summed E-state index contributed by atoms with van der Waals surface area (Å²) in [6.45, 7) is 3.51. The maximum atomic E-state index is 15.1. The molecule has 1 unspecified atom stereocenters. The molecule has 3 aromatic rings. The minimum Gasteiger partial charge on any atom is -0.481 e. The van der Waals surface area contributed by atoms with E-state index in [1.54, 1.807) is 13.2 Å². The van der Waals surface area contributed by atoms with Gasteiger partial charge in [0.1, 0.15) is 11.5 Å². The highest BCUT2D eigenvalue weighted by molar-refractivity contribution is 5.98. The lowest BCUT2D eigenvalue weighted by molar-refractivity contribution is -0.139. The van der Waals surface area contributed by atoms with Crippen LogP contribution in [0.2, 0.25) is 0 Å². The number of nitrogens with zero attached hydrogens (tertiary/aromatic N) is 5. The van der Waals surface area contributed by atoms with Gasteiger partial charge in [0.25, 0.3) is 0 Å². The summed E-state index contributed by atoms with van der Waals surface area (Å²) in [4.78, 5) is 18.1. The molecule has 2 aromatic heterocycles. The lowest BCUT2D eigenvalue weighted by Crippen LogP contribution is -2.33. The average Bonchev–Trinajstić information content (AvgIpc) is 3.16. The van der Waals surface area contributed by atoms with E-state index in [0.29, 0.717) is 5.57 Å². The smallest absolute Gasteiger partial charge is 0.307 e. The van der Waals surface area contributed by atoms with Crippen molar-refractivity contribution in [2.24, 2.45) is 17.8 Å². The molecule has 182 valence electrons. The number of aliphatic carboxylic acids is 1. The minimum atomic E-state index is -0.685. The molecule has 7 rings (SSSR count). The summed E-state index contributed by atoms with van der Waals surface area (Å²) in [5.74, 6) is 0.116. The van der Waals surface area contributed by atoms with Gasteiger partial charge in [-0.1, -0.05) is 36.4 Å². The number of nitrogens with one attached hydrogen (secondary N) is 1. The Morgan fingerprint density at radius 2 is 2.00 bits per heavy atom. The molecule has 2 N–H and O–H groups in total. The molecule has 9 heteroatoms. The van der Waals surface area contributed by atoms with Gasteiger partial charge in [-0.15, -0.1) is 0 Å². The molecule has 2 fully saturated rings. The number of fused-ring (bicyclic) bond motifs is 3. The molecular formula is C27H25FN6O2. The van der Waals surface area contributed by atoms with Crippen molar-refractivity contribution in [1.29, 1.82) is 0 Å². The van der Waals surface area contributed by atoms with Crippen LogP contribution in [0.1, 0.15) is 11.3 Å². The number of allylic oxidation sites excluding steroid dienone is 2.